The summed E-state index contributed by atoms with van der Waals surface area (Å²) in [5, 5.41) is 4.00. The Morgan fingerprint density at radius 3 is 2.71 bits per heavy atom. The van der Waals surface area contributed by atoms with Gasteiger partial charge in [-0.3, -0.25) is 14.7 Å². The summed E-state index contributed by atoms with van der Waals surface area (Å²) in [6, 6.07) is 0. The van der Waals surface area contributed by atoms with Crippen LogP contribution in [-0.2, 0) is 14.9 Å². The average molecular weight is 234 g/mol. The van der Waals surface area contributed by atoms with E-state index in [9.17, 15) is 13.2 Å². The van der Waals surface area contributed by atoms with Crippen LogP contribution in [0.4, 0.5) is 5.13 Å². The molecule has 1 amide bonds. The molecule has 0 saturated carbocycles. The number of hydrogen-bond donors (Lipinski definition) is 2. The first-order valence-electron chi connectivity index (χ1n) is 3.28. The summed E-state index contributed by atoms with van der Waals surface area (Å²) in [5.41, 5.74) is 0. The zero-order chi connectivity index (χ0) is 10.8. The molecule has 0 unspecified atom stereocenters. The normalized spacial score (nSPS) is 10.9. The summed E-state index contributed by atoms with van der Waals surface area (Å²) in [6.45, 7) is 2.93. The van der Waals surface area contributed by atoms with Crippen LogP contribution in [0.25, 0.3) is 0 Å². The first-order valence-corrected chi connectivity index (χ1v) is 5.60. The van der Waals surface area contributed by atoms with Gasteiger partial charge in [-0.1, -0.05) is 6.58 Å². The summed E-state index contributed by atoms with van der Waals surface area (Å²) in [4.78, 5) is 13.9. The van der Waals surface area contributed by atoms with Crippen LogP contribution in [0.15, 0.2) is 23.1 Å². The van der Waals surface area contributed by atoms with E-state index in [2.05, 4.69) is 16.9 Å². The van der Waals surface area contributed by atoms with Crippen molar-refractivity contribution in [2.45, 2.75) is 0 Å². The third-order valence-corrected chi connectivity index (χ3v) is 2.71. The number of thiazole rings is 1. The number of carbonyl (C=O) groups excluding carboxylic acids is 1. The summed E-state index contributed by atoms with van der Waals surface area (Å²) in [5.74, 6) is -0.998. The molecule has 8 heteroatoms. The van der Waals surface area contributed by atoms with Gasteiger partial charge in [-0.05, 0) is 0 Å². The quantitative estimate of drug-likeness (QED) is 0.585. The number of hydrogen-bond acceptors (Lipinski definition) is 5. The van der Waals surface area contributed by atoms with Crippen molar-refractivity contribution in [3.05, 3.63) is 23.1 Å². The van der Waals surface area contributed by atoms with Crippen molar-refractivity contribution in [2.75, 3.05) is 5.32 Å². The summed E-state index contributed by atoms with van der Waals surface area (Å²) in [6.07, 6.45) is 1.44. The lowest BCUT2D eigenvalue weighted by Gasteiger charge is -2.00. The largest absolute Gasteiger partial charge is 0.299 e. The Balaban J connectivity index is 2.74. The van der Waals surface area contributed by atoms with E-state index >= 15 is 0 Å². The third-order valence-electron chi connectivity index (χ3n) is 1.22. The van der Waals surface area contributed by atoms with Crippen molar-refractivity contribution in [1.29, 1.82) is 0 Å². The van der Waals surface area contributed by atoms with Gasteiger partial charge in [-0.2, -0.15) is 8.42 Å². The second-order valence-corrected chi connectivity index (χ2v) is 4.53. The number of nitrogens with zero attached hydrogens (tertiary/aromatic N) is 1. The molecule has 0 atom stereocenters. The highest BCUT2D eigenvalue weighted by molar-refractivity contribution is 7.90. The molecule has 14 heavy (non-hydrogen) atoms. The van der Waals surface area contributed by atoms with Crippen LogP contribution in [0, 0.1) is 0 Å². The maximum atomic E-state index is 11.1. The highest BCUT2D eigenvalue weighted by atomic mass is 32.2. The lowest BCUT2D eigenvalue weighted by atomic mass is 10.6. The molecule has 0 aromatic carbocycles. The predicted octanol–water partition coefficient (Wildman–Crippen LogP) is 0.483. The van der Waals surface area contributed by atoms with E-state index in [1.165, 1.54) is 6.20 Å². The zero-order valence-electron chi connectivity index (χ0n) is 6.80. The van der Waals surface area contributed by atoms with E-state index in [0.29, 0.717) is 0 Å². The summed E-state index contributed by atoms with van der Waals surface area (Å²) >= 11 is 1.12. The lowest BCUT2D eigenvalue weighted by Crippen LogP contribution is -2.19. The molecule has 76 valence electrons. The second-order valence-electron chi connectivity index (χ2n) is 2.19. The van der Waals surface area contributed by atoms with E-state index in [1.807, 2.05) is 0 Å². The van der Waals surface area contributed by atoms with E-state index in [-0.39, 0.29) is 5.13 Å². The summed E-state index contributed by atoms with van der Waals surface area (Å²) < 4.78 is 29.4. The van der Waals surface area contributed by atoms with Crippen LogP contribution < -0.4 is 5.32 Å². The average Bonchev–Trinajstić information content (AvgIpc) is 2.53. The molecule has 0 bridgehead atoms. The van der Waals surface area contributed by atoms with Gasteiger partial charge < -0.3 is 0 Å². The number of rotatable bonds is 3. The second kappa shape index (κ2) is 3.86. The molecule has 1 rings (SSSR count). The first-order chi connectivity index (χ1) is 6.41. The Bertz CT molecular complexity index is 448. The fourth-order valence-corrected chi connectivity index (χ4v) is 1.38. The molecule has 6 nitrogen and oxygen atoms in total. The van der Waals surface area contributed by atoms with E-state index in [1.54, 1.807) is 5.38 Å². The van der Waals surface area contributed by atoms with Gasteiger partial charge in [0.2, 0.25) is 0 Å². The summed E-state index contributed by atoms with van der Waals surface area (Å²) in [7, 11) is -4.53. The maximum Gasteiger partial charge on any atom is 0.299 e. The monoisotopic (exact) mass is 234 g/mol. The third kappa shape index (κ3) is 2.62. The van der Waals surface area contributed by atoms with Gasteiger partial charge in [0.15, 0.2) is 10.0 Å². The molecule has 1 aromatic rings. The van der Waals surface area contributed by atoms with Crippen molar-refractivity contribution >= 4 is 32.5 Å². The van der Waals surface area contributed by atoms with Crippen LogP contribution in [0.5, 0.6) is 0 Å². The number of carbonyl (C=O) groups is 1. The van der Waals surface area contributed by atoms with Gasteiger partial charge in [-0.15, -0.1) is 11.3 Å². The minimum Gasteiger partial charge on any atom is -0.297 e. The lowest BCUT2D eigenvalue weighted by molar-refractivity contribution is -0.112. The Morgan fingerprint density at radius 2 is 2.29 bits per heavy atom. The highest BCUT2D eigenvalue weighted by Gasteiger charge is 2.20. The zero-order valence-corrected chi connectivity index (χ0v) is 8.43. The van der Waals surface area contributed by atoms with Gasteiger partial charge in [0.25, 0.3) is 16.0 Å². The highest BCUT2D eigenvalue weighted by Crippen LogP contribution is 2.12. The standard InChI is InChI=1S/C6H6N2O4S2/c1-4(14(10,11)12)5(9)8-6-7-2-3-13-6/h2-3H,1H2,(H,7,8,9)(H,10,11,12). The van der Waals surface area contributed by atoms with Crippen molar-refractivity contribution in [2.24, 2.45) is 0 Å². The number of aromatic nitrogens is 1. The molecule has 2 N–H and O–H groups in total. The molecule has 0 aliphatic carbocycles. The molecule has 0 spiro atoms. The molecule has 0 fully saturated rings. The Kier molecular flexibility index (Phi) is 2.99. The Morgan fingerprint density at radius 1 is 1.64 bits per heavy atom. The van der Waals surface area contributed by atoms with Gasteiger partial charge in [0.05, 0.1) is 0 Å². The number of anilines is 1. The van der Waals surface area contributed by atoms with Gasteiger partial charge in [-0.25, -0.2) is 4.98 Å². The Labute approximate surface area is 84.0 Å². The van der Waals surface area contributed by atoms with Crippen LogP contribution >= 0.6 is 11.3 Å². The Hall–Kier alpha value is -1.25. The smallest absolute Gasteiger partial charge is 0.297 e. The van der Waals surface area contributed by atoms with Gasteiger partial charge in [0.1, 0.15) is 0 Å². The molecule has 0 saturated heterocycles. The van der Waals surface area contributed by atoms with E-state index in [0.717, 1.165) is 11.3 Å². The molecular weight excluding hydrogens is 228 g/mol. The first kappa shape index (κ1) is 10.8. The van der Waals surface area contributed by atoms with Gasteiger partial charge in [0, 0.05) is 11.6 Å². The van der Waals surface area contributed by atoms with Crippen molar-refractivity contribution in [3.63, 3.8) is 0 Å². The van der Waals surface area contributed by atoms with E-state index in [4.69, 9.17) is 4.55 Å². The fourth-order valence-electron chi connectivity index (χ4n) is 0.569. The molecule has 1 heterocycles. The fraction of sp³-hybridized carbons (Fsp3) is 0. The SMILES string of the molecule is C=C(C(=O)Nc1nccs1)S(=O)(=O)O. The number of amides is 1. The molecule has 1 aromatic heterocycles. The van der Waals surface area contributed by atoms with E-state index < -0.39 is 20.9 Å². The van der Waals surface area contributed by atoms with Crippen LogP contribution in [0.2, 0.25) is 0 Å². The predicted molar refractivity (Wildman–Crippen MR) is 51.4 cm³/mol. The van der Waals surface area contributed by atoms with Crippen molar-refractivity contribution in [3.8, 4) is 0 Å². The molecule has 0 aliphatic rings. The molecular formula is C6H6N2O4S2. The van der Waals surface area contributed by atoms with Crippen LogP contribution in [0.1, 0.15) is 0 Å². The molecule has 0 radical (unpaired) electrons. The van der Waals surface area contributed by atoms with Crippen molar-refractivity contribution < 1.29 is 17.8 Å². The van der Waals surface area contributed by atoms with Crippen LogP contribution in [0.3, 0.4) is 0 Å². The topological polar surface area (TPSA) is 96.4 Å². The number of nitrogens with one attached hydrogen (secondary N) is 1. The van der Waals surface area contributed by atoms with Crippen molar-refractivity contribution in [1.82, 2.24) is 4.98 Å². The minimum atomic E-state index is -4.53. The van der Waals surface area contributed by atoms with Crippen LogP contribution in [-0.4, -0.2) is 23.9 Å². The maximum absolute atomic E-state index is 11.1. The minimum absolute atomic E-state index is 0.236. The van der Waals surface area contributed by atoms with Gasteiger partial charge >= 0.3 is 0 Å². The molecule has 0 aliphatic heterocycles.